The van der Waals surface area contributed by atoms with Gasteiger partial charge >= 0.3 is 0 Å². The van der Waals surface area contributed by atoms with Crippen LogP contribution < -0.4 is 0 Å². The van der Waals surface area contributed by atoms with E-state index in [2.05, 4.69) is 0 Å². The average Bonchev–Trinajstić information content (AvgIpc) is 2.48. The fraction of sp³-hybridized carbons (Fsp3) is 0.533. The molecule has 1 aromatic rings. The van der Waals surface area contributed by atoms with Crippen molar-refractivity contribution in [1.29, 1.82) is 0 Å². The Bertz CT molecular complexity index is 485. The number of halogens is 2. The zero-order chi connectivity index (χ0) is 14.7. The fourth-order valence-electron chi connectivity index (χ4n) is 2.69. The number of rotatable bonds is 3. The molecule has 2 rings (SSSR count). The zero-order valence-electron chi connectivity index (χ0n) is 11.7. The fourth-order valence-corrected chi connectivity index (χ4v) is 3.07. The quantitative estimate of drug-likeness (QED) is 0.843. The van der Waals surface area contributed by atoms with E-state index in [1.165, 1.54) is 0 Å². The molecule has 0 atom stereocenters. The third kappa shape index (κ3) is 3.27. The third-order valence-corrected chi connectivity index (χ3v) is 4.85. The second-order valence-electron chi connectivity index (χ2n) is 5.18. The van der Waals surface area contributed by atoms with Crippen LogP contribution in [0, 0.1) is 0 Å². The standard InChI is InChI=1S/C15H19Cl2NO2/c1-18(10-6-8-11(20-2)9-7-10)15(19)12-4-3-5-13(16)14(12)17/h3-5,10-11H,6-9H2,1-2H3. The molecule has 0 radical (unpaired) electrons. The van der Waals surface area contributed by atoms with Crippen LogP contribution >= 0.6 is 23.2 Å². The number of hydrogen-bond acceptors (Lipinski definition) is 2. The van der Waals surface area contributed by atoms with Crippen molar-refractivity contribution in [2.75, 3.05) is 14.2 Å². The van der Waals surface area contributed by atoms with E-state index in [4.69, 9.17) is 27.9 Å². The number of benzene rings is 1. The van der Waals surface area contributed by atoms with Crippen molar-refractivity contribution in [3.8, 4) is 0 Å². The molecule has 1 aliphatic carbocycles. The number of methoxy groups -OCH3 is 1. The predicted molar refractivity (Wildman–Crippen MR) is 81.6 cm³/mol. The van der Waals surface area contributed by atoms with Crippen molar-refractivity contribution in [3.63, 3.8) is 0 Å². The lowest BCUT2D eigenvalue weighted by Gasteiger charge is -2.34. The minimum atomic E-state index is -0.0710. The molecule has 0 N–H and O–H groups in total. The van der Waals surface area contributed by atoms with Crippen LogP contribution in [-0.2, 0) is 4.74 Å². The first-order chi connectivity index (χ1) is 9.54. The molecule has 0 aliphatic heterocycles. The summed E-state index contributed by atoms with van der Waals surface area (Å²) in [5, 5.41) is 0.741. The predicted octanol–water partition coefficient (Wildman–Crippen LogP) is 4.02. The Morgan fingerprint density at radius 2 is 1.90 bits per heavy atom. The van der Waals surface area contributed by atoms with E-state index in [1.807, 2.05) is 7.05 Å². The van der Waals surface area contributed by atoms with E-state index in [-0.39, 0.29) is 11.9 Å². The maximum Gasteiger partial charge on any atom is 0.255 e. The third-order valence-electron chi connectivity index (χ3n) is 4.03. The van der Waals surface area contributed by atoms with Crippen LogP contribution in [0.2, 0.25) is 10.0 Å². The summed E-state index contributed by atoms with van der Waals surface area (Å²) < 4.78 is 5.36. The van der Waals surface area contributed by atoms with Crippen LogP contribution in [0.4, 0.5) is 0 Å². The minimum Gasteiger partial charge on any atom is -0.381 e. The molecule has 1 amide bonds. The first-order valence-electron chi connectivity index (χ1n) is 6.78. The lowest BCUT2D eigenvalue weighted by molar-refractivity contribution is 0.0386. The van der Waals surface area contributed by atoms with Gasteiger partial charge in [-0.3, -0.25) is 4.79 Å². The lowest BCUT2D eigenvalue weighted by Crippen LogP contribution is -2.40. The zero-order valence-corrected chi connectivity index (χ0v) is 13.2. The molecule has 110 valence electrons. The maximum atomic E-state index is 12.5. The maximum absolute atomic E-state index is 12.5. The molecule has 20 heavy (non-hydrogen) atoms. The highest BCUT2D eigenvalue weighted by Crippen LogP contribution is 2.29. The van der Waals surface area contributed by atoms with Crippen molar-refractivity contribution in [2.24, 2.45) is 0 Å². The Labute approximate surface area is 129 Å². The number of ether oxygens (including phenoxy) is 1. The second-order valence-corrected chi connectivity index (χ2v) is 5.97. The molecule has 0 bridgehead atoms. The Kier molecular flexibility index (Phi) is 5.30. The number of hydrogen-bond donors (Lipinski definition) is 0. The summed E-state index contributed by atoms with van der Waals surface area (Å²) in [6.45, 7) is 0. The molecule has 0 saturated heterocycles. The van der Waals surface area contributed by atoms with E-state index in [0.717, 1.165) is 25.7 Å². The molecule has 1 saturated carbocycles. The molecule has 5 heteroatoms. The number of amides is 1. The first kappa shape index (κ1) is 15.6. The van der Waals surface area contributed by atoms with Gasteiger partial charge in [-0.25, -0.2) is 0 Å². The van der Waals surface area contributed by atoms with Gasteiger partial charge in [-0.15, -0.1) is 0 Å². The largest absolute Gasteiger partial charge is 0.381 e. The second kappa shape index (κ2) is 6.79. The summed E-state index contributed by atoms with van der Waals surface area (Å²) in [4.78, 5) is 14.3. The monoisotopic (exact) mass is 315 g/mol. The van der Waals surface area contributed by atoms with Crippen molar-refractivity contribution < 1.29 is 9.53 Å². The van der Waals surface area contributed by atoms with Crippen molar-refractivity contribution in [1.82, 2.24) is 4.90 Å². The van der Waals surface area contributed by atoms with Crippen LogP contribution in [0.5, 0.6) is 0 Å². The summed E-state index contributed by atoms with van der Waals surface area (Å²) in [5.74, 6) is -0.0710. The van der Waals surface area contributed by atoms with Gasteiger partial charge < -0.3 is 9.64 Å². The molecule has 3 nitrogen and oxygen atoms in total. The topological polar surface area (TPSA) is 29.5 Å². The summed E-state index contributed by atoms with van der Waals surface area (Å²) in [5.41, 5.74) is 0.468. The Morgan fingerprint density at radius 1 is 1.25 bits per heavy atom. The summed E-state index contributed by atoms with van der Waals surface area (Å²) in [7, 11) is 3.57. The van der Waals surface area contributed by atoms with Crippen LogP contribution in [0.1, 0.15) is 36.0 Å². The number of carbonyl (C=O) groups is 1. The van der Waals surface area contributed by atoms with Crippen molar-refractivity contribution in [3.05, 3.63) is 33.8 Å². The average molecular weight is 316 g/mol. The normalized spacial score (nSPS) is 22.6. The highest BCUT2D eigenvalue weighted by molar-refractivity contribution is 6.43. The summed E-state index contributed by atoms with van der Waals surface area (Å²) in [6, 6.07) is 5.39. The molecule has 1 aromatic carbocycles. The van der Waals surface area contributed by atoms with E-state index >= 15 is 0 Å². The minimum absolute atomic E-state index is 0.0710. The van der Waals surface area contributed by atoms with Gasteiger partial charge in [0.2, 0.25) is 0 Å². The van der Waals surface area contributed by atoms with Gasteiger partial charge in [0.1, 0.15) is 0 Å². The molecular weight excluding hydrogens is 297 g/mol. The SMILES string of the molecule is COC1CCC(N(C)C(=O)c2cccc(Cl)c2Cl)CC1. The Hall–Kier alpha value is -0.770. The molecule has 0 aromatic heterocycles. The Balaban J connectivity index is 2.07. The van der Waals surface area contributed by atoms with Crippen molar-refractivity contribution in [2.45, 2.75) is 37.8 Å². The van der Waals surface area contributed by atoms with Crippen LogP contribution in [0.3, 0.4) is 0 Å². The van der Waals surface area contributed by atoms with Gasteiger partial charge in [0, 0.05) is 20.2 Å². The summed E-state index contributed by atoms with van der Waals surface area (Å²) in [6.07, 6.45) is 4.21. The number of carbonyl (C=O) groups excluding carboxylic acids is 1. The first-order valence-corrected chi connectivity index (χ1v) is 7.54. The lowest BCUT2D eigenvalue weighted by atomic mass is 9.92. The van der Waals surface area contributed by atoms with Gasteiger partial charge in [0.05, 0.1) is 21.7 Å². The number of nitrogens with zero attached hydrogens (tertiary/aromatic N) is 1. The van der Waals surface area contributed by atoms with E-state index in [0.29, 0.717) is 21.7 Å². The Morgan fingerprint density at radius 3 is 2.50 bits per heavy atom. The van der Waals surface area contributed by atoms with Gasteiger partial charge in [-0.1, -0.05) is 29.3 Å². The molecule has 0 heterocycles. The van der Waals surface area contributed by atoms with Crippen LogP contribution in [-0.4, -0.2) is 37.1 Å². The van der Waals surface area contributed by atoms with E-state index in [1.54, 1.807) is 30.2 Å². The van der Waals surface area contributed by atoms with Crippen LogP contribution in [0.15, 0.2) is 18.2 Å². The van der Waals surface area contributed by atoms with Crippen LogP contribution in [0.25, 0.3) is 0 Å². The van der Waals surface area contributed by atoms with Crippen molar-refractivity contribution >= 4 is 29.1 Å². The smallest absolute Gasteiger partial charge is 0.255 e. The van der Waals surface area contributed by atoms with Gasteiger partial charge in [-0.05, 0) is 37.8 Å². The molecule has 1 aliphatic rings. The molecule has 1 fully saturated rings. The van der Waals surface area contributed by atoms with E-state index < -0.39 is 0 Å². The molecule has 0 unspecified atom stereocenters. The van der Waals surface area contributed by atoms with Gasteiger partial charge in [-0.2, -0.15) is 0 Å². The van der Waals surface area contributed by atoms with Gasteiger partial charge in [0.15, 0.2) is 0 Å². The van der Waals surface area contributed by atoms with Gasteiger partial charge in [0.25, 0.3) is 5.91 Å². The van der Waals surface area contributed by atoms with E-state index in [9.17, 15) is 4.79 Å². The highest BCUT2D eigenvalue weighted by atomic mass is 35.5. The summed E-state index contributed by atoms with van der Waals surface area (Å²) >= 11 is 12.1. The molecule has 0 spiro atoms. The molecular formula is C15H19Cl2NO2. The highest BCUT2D eigenvalue weighted by Gasteiger charge is 2.28.